The van der Waals surface area contributed by atoms with E-state index in [1.165, 1.54) is 11.8 Å². The van der Waals surface area contributed by atoms with Crippen molar-refractivity contribution in [1.29, 1.82) is 0 Å². The molecule has 234 valence electrons. The summed E-state index contributed by atoms with van der Waals surface area (Å²) >= 11 is 6.53. The van der Waals surface area contributed by atoms with E-state index in [2.05, 4.69) is 44.2 Å². The molecule has 2 aliphatic heterocycles. The fourth-order valence-corrected chi connectivity index (χ4v) is 5.92. The van der Waals surface area contributed by atoms with Crippen molar-refractivity contribution in [3.8, 4) is 0 Å². The third-order valence-electron chi connectivity index (χ3n) is 8.42. The monoisotopic (exact) mass is 620 g/mol. The average Bonchev–Trinajstić information content (AvgIpc) is 3.29. The van der Waals surface area contributed by atoms with Crippen molar-refractivity contribution < 1.29 is 14.3 Å². The van der Waals surface area contributed by atoms with Crippen molar-refractivity contribution in [1.82, 2.24) is 24.7 Å². The van der Waals surface area contributed by atoms with Crippen LogP contribution in [-0.4, -0.2) is 109 Å². The molecule has 5 rings (SSSR count). The largest absolute Gasteiger partial charge is 0.495 e. The number of aliphatic imine (C=N–C) groups is 1. The molecule has 1 aromatic carbocycles. The number of rotatable bonds is 8. The zero-order chi connectivity index (χ0) is 31.4. The average molecular weight is 621 g/mol. The predicted octanol–water partition coefficient (Wildman–Crippen LogP) is 4.52. The number of nitrogens with zero attached hydrogens (tertiary/aromatic N) is 7. The Morgan fingerprint density at radius 1 is 1.18 bits per heavy atom. The summed E-state index contributed by atoms with van der Waals surface area (Å²) in [7, 11) is 5.21. The van der Waals surface area contributed by atoms with Crippen LogP contribution in [0.3, 0.4) is 0 Å². The van der Waals surface area contributed by atoms with Gasteiger partial charge in [-0.25, -0.2) is 9.98 Å². The molecular formula is C32H41ClN8O3. The second-order valence-electron chi connectivity index (χ2n) is 11.4. The van der Waals surface area contributed by atoms with Crippen molar-refractivity contribution >= 4 is 52.3 Å². The molecule has 0 radical (unpaired) electrons. The predicted molar refractivity (Wildman–Crippen MR) is 174 cm³/mol. The van der Waals surface area contributed by atoms with Gasteiger partial charge in [-0.3, -0.25) is 14.5 Å². The molecule has 1 N–H and O–H groups in total. The van der Waals surface area contributed by atoms with Crippen LogP contribution in [0.2, 0.25) is 5.02 Å². The molecule has 1 aromatic heterocycles. The zero-order valence-corrected chi connectivity index (χ0v) is 26.9. The first-order valence-electron chi connectivity index (χ1n) is 15.1. The van der Waals surface area contributed by atoms with Gasteiger partial charge in [0.2, 0.25) is 5.91 Å². The summed E-state index contributed by atoms with van der Waals surface area (Å²) < 4.78 is 5.74. The Morgan fingerprint density at radius 2 is 1.95 bits per heavy atom. The highest BCUT2D eigenvalue weighted by molar-refractivity contribution is 6.33. The summed E-state index contributed by atoms with van der Waals surface area (Å²) in [6.07, 6.45) is 7.35. The van der Waals surface area contributed by atoms with Crippen molar-refractivity contribution in [2.24, 2.45) is 10.9 Å². The molecular weight excluding hydrogens is 580 g/mol. The Bertz CT molecular complexity index is 1500. The number of allylic oxidation sites excluding steroid dienone is 3. The molecule has 44 heavy (non-hydrogen) atoms. The van der Waals surface area contributed by atoms with E-state index in [0.29, 0.717) is 54.8 Å². The maximum atomic E-state index is 13.1. The molecule has 1 aliphatic carbocycles. The van der Waals surface area contributed by atoms with E-state index in [0.717, 1.165) is 43.1 Å². The summed E-state index contributed by atoms with van der Waals surface area (Å²) in [5, 5.41) is 3.67. The number of aromatic nitrogens is 2. The molecule has 0 bridgehead atoms. The number of hydrogen-bond acceptors (Lipinski definition) is 9. The Morgan fingerprint density at radius 3 is 2.68 bits per heavy atom. The number of carbonyl (C=O) groups is 2. The number of likely N-dealkylation sites (N-methyl/N-ethyl adjacent to an activating group) is 3. The number of hydrogen-bond donors (Lipinski definition) is 1. The van der Waals surface area contributed by atoms with E-state index in [1.807, 2.05) is 30.0 Å². The summed E-state index contributed by atoms with van der Waals surface area (Å²) in [6, 6.07) is 5.70. The first kappa shape index (κ1) is 31.5. The topological polar surface area (TPSA) is 106 Å². The SMILES string of the molecule is CCN1CCN(CC)c2cc(Nc3nc(N=C4CC5=CCN(CC(=O)N(C)C)CCC5C=C4OC)ncc3Cl)ccc2C1=O. The number of nitrogens with one attached hydrogen (secondary N) is 1. The van der Waals surface area contributed by atoms with Crippen molar-refractivity contribution in [3.63, 3.8) is 0 Å². The number of halogens is 1. The van der Waals surface area contributed by atoms with Crippen LogP contribution in [0.15, 0.2) is 52.9 Å². The van der Waals surface area contributed by atoms with Crippen LogP contribution < -0.4 is 10.2 Å². The maximum Gasteiger partial charge on any atom is 0.256 e. The lowest BCUT2D eigenvalue weighted by Gasteiger charge is -2.24. The minimum absolute atomic E-state index is 0.0402. The van der Waals surface area contributed by atoms with Gasteiger partial charge >= 0.3 is 0 Å². The van der Waals surface area contributed by atoms with Gasteiger partial charge in [0.25, 0.3) is 11.9 Å². The molecule has 3 aliphatic rings. The molecule has 2 amide bonds. The number of carbonyl (C=O) groups excluding carboxylic acids is 2. The van der Waals surface area contributed by atoms with Gasteiger partial charge in [0.1, 0.15) is 10.8 Å². The van der Waals surface area contributed by atoms with Gasteiger partial charge in [-0.05, 0) is 51.1 Å². The molecule has 0 spiro atoms. The van der Waals surface area contributed by atoms with E-state index in [1.54, 1.807) is 26.1 Å². The number of amides is 2. The first-order chi connectivity index (χ1) is 21.2. The van der Waals surface area contributed by atoms with Crippen LogP contribution in [0, 0.1) is 5.92 Å². The second kappa shape index (κ2) is 13.8. The smallest absolute Gasteiger partial charge is 0.256 e. The van der Waals surface area contributed by atoms with E-state index < -0.39 is 0 Å². The lowest BCUT2D eigenvalue weighted by molar-refractivity contribution is -0.129. The standard InChI is InChI=1S/C32H41ClN8O3/c1-6-40-14-15-41(7-2)31(43)24-9-8-23(18-27(24)40)35-30-25(33)19-34-32(37-30)36-26-16-21-10-12-39(20-29(42)38(3)4)13-11-22(21)17-28(26)44-5/h8-10,17-19,22H,6-7,11-16,20H2,1-5H3,(H,34,35,37). The minimum atomic E-state index is 0.0402. The van der Waals surface area contributed by atoms with Gasteiger partial charge in [-0.15, -0.1) is 0 Å². The second-order valence-corrected chi connectivity index (χ2v) is 11.8. The fraction of sp³-hybridized carbons (Fsp3) is 0.469. The molecule has 0 saturated heterocycles. The van der Waals surface area contributed by atoms with Gasteiger partial charge in [0, 0.05) is 64.8 Å². The Hall–Kier alpha value is -3.96. The minimum Gasteiger partial charge on any atom is -0.495 e. The van der Waals surface area contributed by atoms with Gasteiger partial charge in [-0.2, -0.15) is 4.98 Å². The number of benzene rings is 1. The van der Waals surface area contributed by atoms with Crippen LogP contribution in [0.4, 0.5) is 23.1 Å². The normalized spacial score (nSPS) is 19.8. The third-order valence-corrected chi connectivity index (χ3v) is 8.70. The Labute approximate surface area is 264 Å². The highest BCUT2D eigenvalue weighted by Crippen LogP contribution is 2.34. The summed E-state index contributed by atoms with van der Waals surface area (Å²) in [5.41, 5.74) is 4.32. The van der Waals surface area contributed by atoms with Crippen LogP contribution in [0.25, 0.3) is 0 Å². The van der Waals surface area contributed by atoms with Crippen molar-refractivity contribution in [3.05, 3.63) is 58.5 Å². The number of fused-ring (bicyclic) bond motifs is 2. The Balaban J connectivity index is 1.38. The first-order valence-corrected chi connectivity index (χ1v) is 15.5. The number of methoxy groups -OCH3 is 1. The van der Waals surface area contributed by atoms with Crippen LogP contribution in [-0.2, 0) is 9.53 Å². The summed E-state index contributed by atoms with van der Waals surface area (Å²) in [5.74, 6) is 1.75. The number of ether oxygens (including phenoxy) is 1. The van der Waals surface area contributed by atoms with Gasteiger partial charge in [0.15, 0.2) is 5.82 Å². The van der Waals surface area contributed by atoms with Crippen molar-refractivity contribution in [2.45, 2.75) is 26.7 Å². The summed E-state index contributed by atoms with van der Waals surface area (Å²) in [6.45, 7) is 8.93. The highest BCUT2D eigenvalue weighted by Gasteiger charge is 2.28. The Kier molecular flexibility index (Phi) is 9.85. The molecule has 3 heterocycles. The van der Waals surface area contributed by atoms with Crippen LogP contribution in [0.1, 0.15) is 37.0 Å². The van der Waals surface area contributed by atoms with E-state index in [9.17, 15) is 9.59 Å². The molecule has 2 aromatic rings. The molecule has 0 fully saturated rings. The molecule has 12 heteroatoms. The molecule has 11 nitrogen and oxygen atoms in total. The maximum absolute atomic E-state index is 13.1. The summed E-state index contributed by atoms with van der Waals surface area (Å²) in [4.78, 5) is 47.1. The lowest BCUT2D eigenvalue weighted by atomic mass is 9.85. The zero-order valence-electron chi connectivity index (χ0n) is 26.1. The molecule has 0 saturated carbocycles. The van der Waals surface area contributed by atoms with Crippen molar-refractivity contribution in [2.75, 3.05) is 77.2 Å². The van der Waals surface area contributed by atoms with E-state index >= 15 is 0 Å². The van der Waals surface area contributed by atoms with Crippen LogP contribution in [0.5, 0.6) is 0 Å². The highest BCUT2D eigenvalue weighted by atomic mass is 35.5. The third kappa shape index (κ3) is 6.89. The fourth-order valence-electron chi connectivity index (χ4n) is 5.78. The quantitative estimate of drug-likeness (QED) is 0.430. The van der Waals surface area contributed by atoms with E-state index in [-0.39, 0.29) is 23.7 Å². The van der Waals surface area contributed by atoms with Gasteiger partial charge in [0.05, 0.1) is 36.8 Å². The van der Waals surface area contributed by atoms with Crippen LogP contribution >= 0.6 is 11.6 Å². The van der Waals surface area contributed by atoms with E-state index in [4.69, 9.17) is 21.3 Å². The lowest BCUT2D eigenvalue weighted by Crippen LogP contribution is -2.37. The molecule has 1 atom stereocenters. The molecule has 1 unspecified atom stereocenters. The van der Waals surface area contributed by atoms with Gasteiger partial charge in [-0.1, -0.05) is 23.3 Å². The number of anilines is 3. The van der Waals surface area contributed by atoms with Gasteiger partial charge < -0.3 is 24.8 Å².